The molecule has 1 N–H and O–H groups in total. The fraction of sp³-hybridized carbons (Fsp3) is 0.158. The van der Waals surface area contributed by atoms with Crippen molar-refractivity contribution in [2.45, 2.75) is 6.18 Å². The number of nitrogens with one attached hydrogen (secondary N) is 1. The van der Waals surface area contributed by atoms with Crippen molar-refractivity contribution in [2.24, 2.45) is 0 Å². The first-order valence-electron chi connectivity index (χ1n) is 7.93. The molecule has 2 aromatic rings. The highest BCUT2D eigenvalue weighted by atomic mass is 19.4. The van der Waals surface area contributed by atoms with Crippen molar-refractivity contribution in [1.82, 2.24) is 0 Å². The lowest BCUT2D eigenvalue weighted by Crippen LogP contribution is -2.29. The first-order chi connectivity index (χ1) is 12.8. The zero-order valence-electron chi connectivity index (χ0n) is 13.9. The van der Waals surface area contributed by atoms with Crippen LogP contribution in [0, 0.1) is 0 Å². The predicted octanol–water partition coefficient (Wildman–Crippen LogP) is 3.85. The molecular weight excluding hydrogens is 363 g/mol. The maximum absolute atomic E-state index is 12.3. The molecule has 0 bridgehead atoms. The van der Waals surface area contributed by atoms with Crippen LogP contribution >= 0.6 is 0 Å². The van der Waals surface area contributed by atoms with Crippen molar-refractivity contribution in [3.05, 3.63) is 59.7 Å². The molecule has 0 saturated heterocycles. The largest absolute Gasteiger partial charge is 0.486 e. The summed E-state index contributed by atoms with van der Waals surface area (Å²) in [6, 6.07) is 10.5. The van der Waals surface area contributed by atoms with Gasteiger partial charge in [0.05, 0.1) is 0 Å². The van der Waals surface area contributed by atoms with Gasteiger partial charge >= 0.3 is 12.1 Å². The van der Waals surface area contributed by atoms with E-state index in [1.165, 1.54) is 30.4 Å². The molecule has 0 saturated carbocycles. The van der Waals surface area contributed by atoms with Gasteiger partial charge in [-0.25, -0.2) is 0 Å². The van der Waals surface area contributed by atoms with Crippen LogP contribution in [-0.2, 0) is 4.79 Å². The number of ketones is 1. The van der Waals surface area contributed by atoms with Gasteiger partial charge < -0.3 is 14.8 Å². The Morgan fingerprint density at radius 3 is 2.48 bits per heavy atom. The average molecular weight is 377 g/mol. The Hall–Kier alpha value is -3.29. The third kappa shape index (κ3) is 4.66. The molecule has 0 atom stereocenters. The van der Waals surface area contributed by atoms with Gasteiger partial charge in [-0.3, -0.25) is 9.59 Å². The highest BCUT2D eigenvalue weighted by molar-refractivity contribution is 6.07. The number of rotatable bonds is 4. The van der Waals surface area contributed by atoms with E-state index in [0.29, 0.717) is 35.8 Å². The van der Waals surface area contributed by atoms with Gasteiger partial charge in [-0.1, -0.05) is 18.2 Å². The third-order valence-corrected chi connectivity index (χ3v) is 3.66. The number of alkyl halides is 3. The highest BCUT2D eigenvalue weighted by Gasteiger charge is 2.38. The number of anilines is 1. The van der Waals surface area contributed by atoms with Gasteiger partial charge in [-0.2, -0.15) is 13.2 Å². The second-order valence-corrected chi connectivity index (χ2v) is 5.63. The van der Waals surface area contributed by atoms with Crippen molar-refractivity contribution in [3.63, 3.8) is 0 Å². The number of ether oxygens (including phenoxy) is 2. The predicted molar refractivity (Wildman–Crippen MR) is 91.9 cm³/mol. The topological polar surface area (TPSA) is 64.6 Å². The minimum atomic E-state index is -4.97. The maximum Gasteiger partial charge on any atom is 0.471 e. The van der Waals surface area contributed by atoms with E-state index in [0.717, 1.165) is 0 Å². The Kier molecular flexibility index (Phi) is 5.16. The Morgan fingerprint density at radius 2 is 1.74 bits per heavy atom. The molecule has 0 aromatic heterocycles. The third-order valence-electron chi connectivity index (χ3n) is 3.66. The molecule has 3 rings (SSSR count). The molecule has 1 aliphatic heterocycles. The van der Waals surface area contributed by atoms with Crippen LogP contribution in [0.4, 0.5) is 18.9 Å². The Morgan fingerprint density at radius 1 is 1.00 bits per heavy atom. The van der Waals surface area contributed by atoms with Crippen molar-refractivity contribution >= 4 is 23.5 Å². The number of hydrogen-bond donors (Lipinski definition) is 1. The lowest BCUT2D eigenvalue weighted by molar-refractivity contribution is -0.167. The molecule has 0 radical (unpaired) electrons. The first kappa shape index (κ1) is 18.5. The van der Waals surface area contributed by atoms with Crippen LogP contribution in [0.5, 0.6) is 11.5 Å². The molecule has 2 aromatic carbocycles. The van der Waals surface area contributed by atoms with Gasteiger partial charge in [0.1, 0.15) is 13.2 Å². The lowest BCUT2D eigenvalue weighted by atomic mass is 10.1. The van der Waals surface area contributed by atoms with Gasteiger partial charge in [-0.05, 0) is 42.0 Å². The zero-order valence-corrected chi connectivity index (χ0v) is 13.9. The summed E-state index contributed by atoms with van der Waals surface area (Å²) in [5.74, 6) is -1.32. The van der Waals surface area contributed by atoms with Crippen LogP contribution in [0.25, 0.3) is 6.08 Å². The highest BCUT2D eigenvalue weighted by Crippen LogP contribution is 2.31. The molecule has 8 heteroatoms. The van der Waals surface area contributed by atoms with E-state index in [1.54, 1.807) is 29.6 Å². The zero-order chi connectivity index (χ0) is 19.4. The Labute approximate surface area is 152 Å². The Balaban J connectivity index is 1.71. The number of carbonyl (C=O) groups is 2. The number of fused-ring (bicyclic) bond motifs is 1. The summed E-state index contributed by atoms with van der Waals surface area (Å²) >= 11 is 0. The maximum atomic E-state index is 12.3. The van der Waals surface area contributed by atoms with E-state index >= 15 is 0 Å². The van der Waals surface area contributed by atoms with E-state index in [1.807, 2.05) is 0 Å². The van der Waals surface area contributed by atoms with Crippen LogP contribution in [-0.4, -0.2) is 31.1 Å². The van der Waals surface area contributed by atoms with Crippen LogP contribution in [0.3, 0.4) is 0 Å². The van der Waals surface area contributed by atoms with E-state index in [2.05, 4.69) is 0 Å². The lowest BCUT2D eigenvalue weighted by Gasteiger charge is -2.18. The molecule has 0 fully saturated rings. The molecule has 0 spiro atoms. The number of carbonyl (C=O) groups excluding carboxylic acids is 2. The number of amides is 1. The number of allylic oxidation sites excluding steroid dienone is 1. The summed E-state index contributed by atoms with van der Waals surface area (Å²) in [5.41, 5.74) is 0.823. The van der Waals surface area contributed by atoms with E-state index in [9.17, 15) is 22.8 Å². The van der Waals surface area contributed by atoms with Crippen molar-refractivity contribution in [3.8, 4) is 11.5 Å². The summed E-state index contributed by atoms with van der Waals surface area (Å²) < 4.78 is 47.7. The van der Waals surface area contributed by atoms with Gasteiger partial charge in [0.15, 0.2) is 17.3 Å². The van der Waals surface area contributed by atoms with Crippen LogP contribution in [0.1, 0.15) is 15.9 Å². The molecule has 140 valence electrons. The molecule has 27 heavy (non-hydrogen) atoms. The van der Waals surface area contributed by atoms with Crippen LogP contribution in [0.15, 0.2) is 48.5 Å². The van der Waals surface area contributed by atoms with Crippen LogP contribution < -0.4 is 14.8 Å². The molecule has 1 aliphatic rings. The SMILES string of the molecule is O=C(C=Cc1cccc(NC(=O)C(F)(F)F)c1)c1ccc2c(c1)OCCO2. The smallest absolute Gasteiger partial charge is 0.471 e. The number of benzene rings is 2. The van der Waals surface area contributed by atoms with E-state index in [-0.39, 0.29) is 11.5 Å². The minimum absolute atomic E-state index is 0.0220. The normalized spacial score (nSPS) is 13.4. The fourth-order valence-corrected chi connectivity index (χ4v) is 2.39. The molecular formula is C19H14F3NO4. The second-order valence-electron chi connectivity index (χ2n) is 5.63. The van der Waals surface area contributed by atoms with E-state index in [4.69, 9.17) is 9.47 Å². The summed E-state index contributed by atoms with van der Waals surface area (Å²) in [5, 5.41) is 1.76. The van der Waals surface area contributed by atoms with Crippen molar-refractivity contribution in [2.75, 3.05) is 18.5 Å². The monoisotopic (exact) mass is 377 g/mol. The van der Waals surface area contributed by atoms with E-state index < -0.39 is 12.1 Å². The van der Waals surface area contributed by atoms with Crippen molar-refractivity contribution in [1.29, 1.82) is 0 Å². The average Bonchev–Trinajstić information content (AvgIpc) is 2.65. The number of hydrogen-bond acceptors (Lipinski definition) is 4. The van der Waals surface area contributed by atoms with Gasteiger partial charge in [0, 0.05) is 11.3 Å². The molecule has 0 unspecified atom stereocenters. The fourth-order valence-electron chi connectivity index (χ4n) is 2.39. The van der Waals surface area contributed by atoms with Gasteiger partial charge in [-0.15, -0.1) is 0 Å². The van der Waals surface area contributed by atoms with Crippen molar-refractivity contribution < 1.29 is 32.2 Å². The summed E-state index contributed by atoms with van der Waals surface area (Å²) in [4.78, 5) is 23.3. The summed E-state index contributed by atoms with van der Waals surface area (Å²) in [6.45, 7) is 0.846. The Bertz CT molecular complexity index is 906. The molecule has 1 heterocycles. The standard InChI is InChI=1S/C19H14F3NO4/c20-19(21,22)18(25)23-14-3-1-2-12(10-14)4-6-15(24)13-5-7-16-17(11-13)27-9-8-26-16/h1-7,10-11H,8-9H2,(H,23,25). The number of halogens is 3. The second kappa shape index (κ2) is 7.53. The summed E-state index contributed by atoms with van der Waals surface area (Å²) in [6.07, 6.45) is -2.24. The summed E-state index contributed by atoms with van der Waals surface area (Å²) in [7, 11) is 0. The van der Waals surface area contributed by atoms with Gasteiger partial charge in [0.25, 0.3) is 0 Å². The van der Waals surface area contributed by atoms with Crippen LogP contribution in [0.2, 0.25) is 0 Å². The van der Waals surface area contributed by atoms with Gasteiger partial charge in [0.2, 0.25) is 0 Å². The quantitative estimate of drug-likeness (QED) is 0.649. The molecule has 1 amide bonds. The molecule has 0 aliphatic carbocycles. The first-order valence-corrected chi connectivity index (χ1v) is 7.93. The molecule has 5 nitrogen and oxygen atoms in total. The minimum Gasteiger partial charge on any atom is -0.486 e.